The van der Waals surface area contributed by atoms with E-state index < -0.39 is 0 Å². The normalized spacial score (nSPS) is 17.3. The van der Waals surface area contributed by atoms with Gasteiger partial charge in [0.05, 0.1) is 30.0 Å². The zero-order valence-electron chi connectivity index (χ0n) is 15.6. The van der Waals surface area contributed by atoms with Crippen molar-refractivity contribution in [3.05, 3.63) is 41.0 Å². The maximum absolute atomic E-state index is 11.3. The van der Waals surface area contributed by atoms with Crippen molar-refractivity contribution in [1.82, 2.24) is 20.4 Å². The van der Waals surface area contributed by atoms with E-state index in [-0.39, 0.29) is 5.91 Å². The minimum atomic E-state index is -0.0532. The Labute approximate surface area is 171 Å². The highest BCUT2D eigenvalue weighted by molar-refractivity contribution is 6.29. The molecule has 0 unspecified atom stereocenters. The molecule has 1 saturated heterocycles. The topological polar surface area (TPSA) is 95.5 Å². The quantitative estimate of drug-likeness (QED) is 0.647. The van der Waals surface area contributed by atoms with Crippen LogP contribution in [0.3, 0.4) is 0 Å². The van der Waals surface area contributed by atoms with Crippen molar-refractivity contribution in [2.75, 3.05) is 31.2 Å². The van der Waals surface area contributed by atoms with E-state index in [0.29, 0.717) is 31.2 Å². The molecule has 5 rings (SSSR count). The lowest BCUT2D eigenvalue weighted by Crippen LogP contribution is -2.36. The number of ether oxygens (including phenoxy) is 1. The van der Waals surface area contributed by atoms with Gasteiger partial charge in [-0.15, -0.1) is 0 Å². The van der Waals surface area contributed by atoms with Crippen LogP contribution in [0.5, 0.6) is 0 Å². The molecular formula is C20H19ClN6O2. The Morgan fingerprint density at radius 3 is 2.69 bits per heavy atom. The summed E-state index contributed by atoms with van der Waals surface area (Å²) in [5, 5.41) is 4.59. The Balaban J connectivity index is 1.49. The zero-order chi connectivity index (χ0) is 19.8. The van der Waals surface area contributed by atoms with Crippen LogP contribution in [0, 0.1) is 0 Å². The van der Waals surface area contributed by atoms with E-state index in [1.165, 1.54) is 0 Å². The number of rotatable bonds is 3. The maximum atomic E-state index is 11.3. The molecule has 2 aliphatic rings. The van der Waals surface area contributed by atoms with Gasteiger partial charge in [0.25, 0.3) is 0 Å². The summed E-state index contributed by atoms with van der Waals surface area (Å²) in [5.41, 5.74) is 6.99. The Morgan fingerprint density at radius 2 is 1.90 bits per heavy atom. The number of anilines is 1. The number of hydrogen-bond donors (Lipinski definition) is 2. The lowest BCUT2D eigenvalue weighted by molar-refractivity contribution is -0.121. The van der Waals surface area contributed by atoms with Gasteiger partial charge in [0.15, 0.2) is 0 Å². The van der Waals surface area contributed by atoms with Crippen LogP contribution in [0.15, 0.2) is 35.4 Å². The van der Waals surface area contributed by atoms with Crippen LogP contribution in [0.1, 0.15) is 18.4 Å². The minimum Gasteiger partial charge on any atom is -0.378 e. The van der Waals surface area contributed by atoms with Crippen LogP contribution in [-0.4, -0.2) is 52.9 Å². The molecule has 2 N–H and O–H groups in total. The molecule has 0 radical (unpaired) electrons. The fraction of sp³-hybridized carbons (Fsp3) is 0.300. The van der Waals surface area contributed by atoms with Crippen molar-refractivity contribution in [3.8, 4) is 11.4 Å². The van der Waals surface area contributed by atoms with E-state index in [2.05, 4.69) is 25.4 Å². The molecule has 0 saturated carbocycles. The number of hydrogen-bond acceptors (Lipinski definition) is 6. The van der Waals surface area contributed by atoms with Crippen LogP contribution < -0.4 is 10.3 Å². The van der Waals surface area contributed by atoms with Crippen LogP contribution in [0.2, 0.25) is 5.15 Å². The van der Waals surface area contributed by atoms with Crippen molar-refractivity contribution in [3.63, 3.8) is 0 Å². The Bertz CT molecular complexity index is 1120. The molecule has 29 heavy (non-hydrogen) atoms. The molecule has 8 nitrogen and oxygen atoms in total. The van der Waals surface area contributed by atoms with Crippen LogP contribution in [0.25, 0.3) is 22.4 Å². The van der Waals surface area contributed by atoms with Gasteiger partial charge in [0.1, 0.15) is 16.8 Å². The van der Waals surface area contributed by atoms with Crippen molar-refractivity contribution >= 4 is 40.1 Å². The van der Waals surface area contributed by atoms with E-state index in [0.717, 1.165) is 52.6 Å². The number of carbonyl (C=O) groups is 1. The number of nitrogens with one attached hydrogen (secondary N) is 2. The molecule has 0 aliphatic carbocycles. The van der Waals surface area contributed by atoms with Gasteiger partial charge in [0, 0.05) is 37.1 Å². The second kappa shape index (κ2) is 7.46. The van der Waals surface area contributed by atoms with E-state index in [1.807, 2.05) is 30.3 Å². The summed E-state index contributed by atoms with van der Waals surface area (Å²) in [6.07, 6.45) is 1.07. The van der Waals surface area contributed by atoms with Crippen molar-refractivity contribution in [2.24, 2.45) is 5.10 Å². The SMILES string of the molecule is O=C1CCC(c2ccc3[nH]c(-c4cc(Cl)nc(N5CCOCC5)c4)nc3c2)=NN1. The van der Waals surface area contributed by atoms with Crippen LogP contribution in [-0.2, 0) is 9.53 Å². The Kier molecular flexibility index (Phi) is 4.65. The molecule has 1 amide bonds. The molecule has 1 aromatic carbocycles. The molecule has 0 spiro atoms. The maximum Gasteiger partial charge on any atom is 0.240 e. The largest absolute Gasteiger partial charge is 0.378 e. The van der Waals surface area contributed by atoms with E-state index in [9.17, 15) is 4.79 Å². The smallest absolute Gasteiger partial charge is 0.240 e. The number of amides is 1. The van der Waals surface area contributed by atoms with Crippen molar-refractivity contribution < 1.29 is 9.53 Å². The molecule has 4 heterocycles. The summed E-state index contributed by atoms with van der Waals surface area (Å²) in [7, 11) is 0. The number of hydrazone groups is 1. The van der Waals surface area contributed by atoms with Crippen LogP contribution in [0.4, 0.5) is 5.82 Å². The number of benzene rings is 1. The summed E-state index contributed by atoms with van der Waals surface area (Å²) >= 11 is 6.30. The third-order valence-electron chi connectivity index (χ3n) is 5.11. The van der Waals surface area contributed by atoms with Gasteiger partial charge in [-0.1, -0.05) is 17.7 Å². The molecule has 9 heteroatoms. The number of pyridine rings is 1. The highest BCUT2D eigenvalue weighted by Crippen LogP contribution is 2.27. The number of imidazole rings is 1. The predicted octanol–water partition coefficient (Wildman–Crippen LogP) is 2.73. The second-order valence-electron chi connectivity index (χ2n) is 7.05. The summed E-state index contributed by atoms with van der Waals surface area (Å²) in [6, 6.07) is 9.75. The Hall–Kier alpha value is -2.97. The minimum absolute atomic E-state index is 0.0532. The predicted molar refractivity (Wildman–Crippen MR) is 111 cm³/mol. The monoisotopic (exact) mass is 410 g/mol. The van der Waals surface area contributed by atoms with Gasteiger partial charge in [-0.05, 0) is 24.3 Å². The van der Waals surface area contributed by atoms with Gasteiger partial charge >= 0.3 is 0 Å². The van der Waals surface area contributed by atoms with Gasteiger partial charge in [0.2, 0.25) is 5.91 Å². The fourth-order valence-corrected chi connectivity index (χ4v) is 3.78. The molecule has 0 atom stereocenters. The molecule has 148 valence electrons. The number of H-pyrrole nitrogens is 1. The van der Waals surface area contributed by atoms with Gasteiger partial charge in [-0.2, -0.15) is 5.10 Å². The van der Waals surface area contributed by atoms with E-state index in [4.69, 9.17) is 21.3 Å². The molecule has 0 bridgehead atoms. The number of carbonyl (C=O) groups excluding carboxylic acids is 1. The lowest BCUT2D eigenvalue weighted by Gasteiger charge is -2.28. The standard InChI is InChI=1S/C20H19ClN6O2/c21-17-10-13(11-18(24-17)27-5-7-29-8-6-27)20-22-15-2-1-12(9-16(15)23-20)14-3-4-19(28)26-25-14/h1-2,9-11H,3-8H2,(H,22,23)(H,26,28). The lowest BCUT2D eigenvalue weighted by atomic mass is 10.0. The zero-order valence-corrected chi connectivity index (χ0v) is 16.4. The summed E-state index contributed by atoms with van der Waals surface area (Å²) in [4.78, 5) is 26.1. The average Bonchev–Trinajstić information content (AvgIpc) is 3.18. The van der Waals surface area contributed by atoms with Crippen molar-refractivity contribution in [2.45, 2.75) is 12.8 Å². The first-order valence-corrected chi connectivity index (χ1v) is 9.90. The molecule has 1 fully saturated rings. The van der Waals surface area contributed by atoms with Gasteiger partial charge in [-0.25, -0.2) is 15.4 Å². The third-order valence-corrected chi connectivity index (χ3v) is 5.30. The second-order valence-corrected chi connectivity index (χ2v) is 7.43. The molecule has 3 aromatic rings. The highest BCUT2D eigenvalue weighted by atomic mass is 35.5. The average molecular weight is 411 g/mol. The first-order chi connectivity index (χ1) is 14.2. The number of aromatic nitrogens is 3. The molecular weight excluding hydrogens is 392 g/mol. The Morgan fingerprint density at radius 1 is 1.03 bits per heavy atom. The summed E-state index contributed by atoms with van der Waals surface area (Å²) < 4.78 is 5.42. The summed E-state index contributed by atoms with van der Waals surface area (Å²) in [5.74, 6) is 1.50. The van der Waals surface area contributed by atoms with Gasteiger partial charge < -0.3 is 14.6 Å². The van der Waals surface area contributed by atoms with E-state index >= 15 is 0 Å². The fourth-order valence-electron chi connectivity index (χ4n) is 3.58. The van der Waals surface area contributed by atoms with Crippen molar-refractivity contribution in [1.29, 1.82) is 0 Å². The number of nitrogens with zero attached hydrogens (tertiary/aromatic N) is 4. The number of fused-ring (bicyclic) bond motifs is 1. The van der Waals surface area contributed by atoms with Gasteiger partial charge in [-0.3, -0.25) is 4.79 Å². The number of aromatic amines is 1. The third kappa shape index (κ3) is 3.68. The molecule has 2 aromatic heterocycles. The first-order valence-electron chi connectivity index (χ1n) is 9.52. The highest BCUT2D eigenvalue weighted by Gasteiger charge is 2.17. The first kappa shape index (κ1) is 18.1. The molecule has 2 aliphatic heterocycles. The van der Waals surface area contributed by atoms with E-state index in [1.54, 1.807) is 0 Å². The summed E-state index contributed by atoms with van der Waals surface area (Å²) in [6.45, 7) is 2.94. The number of morpholine rings is 1. The number of halogens is 1. The van der Waals surface area contributed by atoms with Crippen LogP contribution >= 0.6 is 11.6 Å².